The molecule has 0 saturated heterocycles. The highest BCUT2D eigenvalue weighted by Gasteiger charge is 2.02. The summed E-state index contributed by atoms with van der Waals surface area (Å²) in [5, 5.41) is 14.6. The van der Waals surface area contributed by atoms with Crippen LogP contribution in [0.5, 0.6) is 5.75 Å². The molecule has 2 N–H and O–H groups in total. The molecule has 7 nitrogen and oxygen atoms in total. The number of benzene rings is 1. The van der Waals surface area contributed by atoms with Crippen LogP contribution < -0.4 is 15.4 Å². The summed E-state index contributed by atoms with van der Waals surface area (Å²) < 4.78 is 7.77. The third-order valence-electron chi connectivity index (χ3n) is 3.78. The molecule has 144 valence electrons. The van der Waals surface area contributed by atoms with Crippen molar-refractivity contribution in [1.82, 2.24) is 25.4 Å². The van der Waals surface area contributed by atoms with Gasteiger partial charge in [-0.15, -0.1) is 34.2 Å². The quantitative estimate of drug-likeness (QED) is 0.254. The van der Waals surface area contributed by atoms with Gasteiger partial charge in [0.15, 0.2) is 5.96 Å². The average molecular weight is 472 g/mol. The molecule has 0 saturated carbocycles. The molecule has 0 atom stereocenters. The molecule has 8 heteroatoms. The summed E-state index contributed by atoms with van der Waals surface area (Å²) in [6.07, 6.45) is 3.55. The molecule has 1 heterocycles. The Hall–Kier alpha value is -1.84. The largest absolute Gasteiger partial charge is 0.494 e. The Kier molecular flexibility index (Phi) is 10.7. The van der Waals surface area contributed by atoms with Crippen molar-refractivity contribution in [2.45, 2.75) is 33.2 Å². The number of halogens is 1. The number of ether oxygens (including phenoxy) is 1. The van der Waals surface area contributed by atoms with Gasteiger partial charge in [0.1, 0.15) is 17.9 Å². The molecular formula is C18H29IN6O. The van der Waals surface area contributed by atoms with E-state index in [1.165, 1.54) is 5.56 Å². The lowest BCUT2D eigenvalue weighted by atomic mass is 10.2. The van der Waals surface area contributed by atoms with E-state index in [9.17, 15) is 0 Å². The van der Waals surface area contributed by atoms with E-state index in [4.69, 9.17) is 4.74 Å². The van der Waals surface area contributed by atoms with Gasteiger partial charge in [-0.05, 0) is 25.5 Å². The van der Waals surface area contributed by atoms with Gasteiger partial charge >= 0.3 is 0 Å². The highest BCUT2D eigenvalue weighted by atomic mass is 127. The minimum Gasteiger partial charge on any atom is -0.494 e. The molecule has 1 aromatic heterocycles. The number of hydrogen-bond acceptors (Lipinski definition) is 4. The first-order valence-corrected chi connectivity index (χ1v) is 8.73. The predicted octanol–water partition coefficient (Wildman–Crippen LogP) is 2.40. The number of hydrogen-bond donors (Lipinski definition) is 2. The second kappa shape index (κ2) is 12.5. The number of guanidine groups is 1. The van der Waals surface area contributed by atoms with Gasteiger partial charge in [0.2, 0.25) is 0 Å². The van der Waals surface area contributed by atoms with Crippen molar-refractivity contribution in [2.75, 3.05) is 26.7 Å². The van der Waals surface area contributed by atoms with Gasteiger partial charge in [-0.1, -0.05) is 24.6 Å². The number of nitrogens with zero attached hydrogens (tertiary/aromatic N) is 4. The molecule has 1 aromatic carbocycles. The molecule has 26 heavy (non-hydrogen) atoms. The van der Waals surface area contributed by atoms with Crippen LogP contribution in [-0.4, -0.2) is 47.5 Å². The molecule has 0 aliphatic heterocycles. The maximum absolute atomic E-state index is 5.71. The number of aliphatic imine (C=N–C) groups is 1. The standard InChI is InChI=1S/C18H28N6O.HI/c1-4-17-23-22-14-24(17)12-11-21-18(19-3)20-10-5-13-25-16-8-6-15(2)7-9-16;/h6-9,14H,4-5,10-13H2,1-3H3,(H2,19,20,21);1H. The van der Waals surface area contributed by atoms with Crippen LogP contribution in [0.25, 0.3) is 0 Å². The molecule has 0 aliphatic rings. The van der Waals surface area contributed by atoms with Gasteiger partial charge in [-0.25, -0.2) is 0 Å². The topological polar surface area (TPSA) is 76.4 Å². The van der Waals surface area contributed by atoms with E-state index < -0.39 is 0 Å². The minimum atomic E-state index is 0. The fourth-order valence-corrected chi connectivity index (χ4v) is 2.36. The second-order valence-electron chi connectivity index (χ2n) is 5.73. The van der Waals surface area contributed by atoms with Crippen LogP contribution in [0.2, 0.25) is 0 Å². The summed E-state index contributed by atoms with van der Waals surface area (Å²) in [5.74, 6) is 2.70. The molecule has 0 fully saturated rings. The fourth-order valence-electron chi connectivity index (χ4n) is 2.36. The van der Waals surface area contributed by atoms with Gasteiger partial charge in [0.05, 0.1) is 6.61 Å². The zero-order chi connectivity index (χ0) is 17.9. The summed E-state index contributed by atoms with van der Waals surface area (Å²) in [6.45, 7) is 7.20. The summed E-state index contributed by atoms with van der Waals surface area (Å²) >= 11 is 0. The first kappa shape index (κ1) is 22.2. The molecule has 0 radical (unpaired) electrons. The lowest BCUT2D eigenvalue weighted by molar-refractivity contribution is 0.311. The van der Waals surface area contributed by atoms with Crippen molar-refractivity contribution in [3.05, 3.63) is 42.0 Å². The Bertz CT molecular complexity index is 656. The zero-order valence-corrected chi connectivity index (χ0v) is 18.1. The smallest absolute Gasteiger partial charge is 0.191 e. The summed E-state index contributed by atoms with van der Waals surface area (Å²) in [7, 11) is 1.77. The number of aromatic nitrogens is 3. The van der Waals surface area contributed by atoms with Crippen molar-refractivity contribution >= 4 is 29.9 Å². The van der Waals surface area contributed by atoms with Crippen LogP contribution in [0.1, 0.15) is 24.7 Å². The van der Waals surface area contributed by atoms with E-state index in [2.05, 4.69) is 56.4 Å². The molecule has 2 rings (SSSR count). The maximum Gasteiger partial charge on any atom is 0.191 e. The average Bonchev–Trinajstić information content (AvgIpc) is 3.09. The monoisotopic (exact) mass is 472 g/mol. The van der Waals surface area contributed by atoms with Crippen molar-refractivity contribution in [1.29, 1.82) is 0 Å². The first-order valence-electron chi connectivity index (χ1n) is 8.73. The summed E-state index contributed by atoms with van der Waals surface area (Å²) in [5.41, 5.74) is 1.24. The van der Waals surface area contributed by atoms with E-state index in [1.54, 1.807) is 13.4 Å². The predicted molar refractivity (Wildman–Crippen MR) is 115 cm³/mol. The molecule has 0 unspecified atom stereocenters. The normalized spacial score (nSPS) is 11.0. The maximum atomic E-state index is 5.71. The van der Waals surface area contributed by atoms with Gasteiger partial charge < -0.3 is 19.9 Å². The van der Waals surface area contributed by atoms with Crippen LogP contribution in [0.4, 0.5) is 0 Å². The van der Waals surface area contributed by atoms with Crippen molar-refractivity contribution in [3.63, 3.8) is 0 Å². The van der Waals surface area contributed by atoms with E-state index in [1.807, 2.05) is 12.1 Å². The van der Waals surface area contributed by atoms with Crippen LogP contribution in [0, 0.1) is 6.92 Å². The van der Waals surface area contributed by atoms with E-state index >= 15 is 0 Å². The second-order valence-corrected chi connectivity index (χ2v) is 5.73. The Labute approximate surface area is 172 Å². The third-order valence-corrected chi connectivity index (χ3v) is 3.78. The van der Waals surface area contributed by atoms with Crippen LogP contribution in [-0.2, 0) is 13.0 Å². The highest BCUT2D eigenvalue weighted by Crippen LogP contribution is 2.11. The van der Waals surface area contributed by atoms with E-state index in [0.29, 0.717) is 6.61 Å². The Morgan fingerprint density at radius 3 is 2.62 bits per heavy atom. The molecular weight excluding hydrogens is 443 g/mol. The van der Waals surface area contributed by atoms with Crippen molar-refractivity contribution in [3.8, 4) is 5.75 Å². The Morgan fingerprint density at radius 1 is 1.19 bits per heavy atom. The highest BCUT2D eigenvalue weighted by molar-refractivity contribution is 14.0. The van der Waals surface area contributed by atoms with Gasteiger partial charge in [0.25, 0.3) is 0 Å². The van der Waals surface area contributed by atoms with Gasteiger partial charge in [-0.3, -0.25) is 4.99 Å². The van der Waals surface area contributed by atoms with Gasteiger partial charge in [-0.2, -0.15) is 0 Å². The number of nitrogens with one attached hydrogen (secondary N) is 2. The lowest BCUT2D eigenvalue weighted by Gasteiger charge is -2.13. The van der Waals surface area contributed by atoms with Crippen LogP contribution >= 0.6 is 24.0 Å². The molecule has 2 aromatic rings. The van der Waals surface area contributed by atoms with E-state index in [-0.39, 0.29) is 24.0 Å². The number of aryl methyl sites for hydroxylation is 2. The van der Waals surface area contributed by atoms with E-state index in [0.717, 1.165) is 50.0 Å². The Balaban J connectivity index is 0.00000338. The summed E-state index contributed by atoms with van der Waals surface area (Å²) in [4.78, 5) is 4.23. The zero-order valence-electron chi connectivity index (χ0n) is 15.7. The molecule has 0 spiro atoms. The van der Waals surface area contributed by atoms with Crippen molar-refractivity contribution < 1.29 is 4.74 Å². The first-order chi connectivity index (χ1) is 12.2. The van der Waals surface area contributed by atoms with Crippen molar-refractivity contribution in [2.24, 2.45) is 4.99 Å². The molecule has 0 amide bonds. The van der Waals surface area contributed by atoms with Crippen LogP contribution in [0.3, 0.4) is 0 Å². The Morgan fingerprint density at radius 2 is 1.92 bits per heavy atom. The molecule has 0 aliphatic carbocycles. The van der Waals surface area contributed by atoms with Gasteiger partial charge in [0, 0.05) is 33.1 Å². The molecule has 0 bridgehead atoms. The number of rotatable bonds is 9. The summed E-state index contributed by atoms with van der Waals surface area (Å²) in [6, 6.07) is 8.11. The SMILES string of the molecule is CCc1nncn1CCNC(=NC)NCCCOc1ccc(C)cc1.I. The lowest BCUT2D eigenvalue weighted by Crippen LogP contribution is -2.39. The minimum absolute atomic E-state index is 0. The fraction of sp³-hybridized carbons (Fsp3) is 0.500. The third kappa shape index (κ3) is 7.59. The van der Waals surface area contributed by atoms with Crippen LogP contribution in [0.15, 0.2) is 35.6 Å².